The van der Waals surface area contributed by atoms with Gasteiger partial charge in [0.05, 0.1) is 5.56 Å². The zero-order valence-corrected chi connectivity index (χ0v) is 12.3. The highest BCUT2D eigenvalue weighted by Gasteiger charge is 2.27. The SMILES string of the molecule is O=C(CO)N1CCN(C(=O)c2c(F)cccc2Br)CC1. The predicted molar refractivity (Wildman–Crippen MR) is 73.7 cm³/mol. The van der Waals surface area contributed by atoms with Gasteiger partial charge in [0, 0.05) is 30.7 Å². The van der Waals surface area contributed by atoms with Crippen molar-refractivity contribution >= 4 is 27.7 Å². The molecule has 0 radical (unpaired) electrons. The second-order valence-electron chi connectivity index (χ2n) is 4.43. The van der Waals surface area contributed by atoms with E-state index in [2.05, 4.69) is 15.9 Å². The van der Waals surface area contributed by atoms with E-state index < -0.39 is 18.3 Å². The second kappa shape index (κ2) is 6.32. The summed E-state index contributed by atoms with van der Waals surface area (Å²) in [7, 11) is 0. The van der Waals surface area contributed by atoms with Gasteiger partial charge >= 0.3 is 0 Å². The third-order valence-corrected chi connectivity index (χ3v) is 3.89. The maximum atomic E-state index is 13.7. The number of hydrogen-bond acceptors (Lipinski definition) is 3. The summed E-state index contributed by atoms with van der Waals surface area (Å²) in [6.45, 7) is 0.803. The first-order chi connectivity index (χ1) is 9.54. The molecule has 1 aliphatic heterocycles. The van der Waals surface area contributed by atoms with Gasteiger partial charge in [-0.2, -0.15) is 0 Å². The Balaban J connectivity index is 2.07. The zero-order chi connectivity index (χ0) is 14.7. The number of nitrogens with zero attached hydrogens (tertiary/aromatic N) is 2. The van der Waals surface area contributed by atoms with Gasteiger partial charge in [0.25, 0.3) is 5.91 Å². The first kappa shape index (κ1) is 14.9. The van der Waals surface area contributed by atoms with Crippen LogP contribution in [0.25, 0.3) is 0 Å². The topological polar surface area (TPSA) is 60.9 Å². The Morgan fingerprint density at radius 1 is 1.20 bits per heavy atom. The Morgan fingerprint density at radius 2 is 1.80 bits per heavy atom. The Hall–Kier alpha value is -1.47. The molecular formula is C13H14BrFN2O3. The third-order valence-electron chi connectivity index (χ3n) is 3.23. The standard InChI is InChI=1S/C13H14BrFN2O3/c14-9-2-1-3-10(15)12(9)13(20)17-6-4-16(5-7-17)11(19)8-18/h1-3,18H,4-8H2. The molecule has 1 aromatic carbocycles. The number of halogens is 2. The van der Waals surface area contributed by atoms with Gasteiger partial charge in [-0.25, -0.2) is 4.39 Å². The number of carbonyl (C=O) groups excluding carboxylic acids is 2. The number of hydrogen-bond donors (Lipinski definition) is 1. The van der Waals surface area contributed by atoms with Crippen LogP contribution in [0.5, 0.6) is 0 Å². The van der Waals surface area contributed by atoms with E-state index in [9.17, 15) is 14.0 Å². The molecule has 2 amide bonds. The Bertz CT molecular complexity index is 510. The monoisotopic (exact) mass is 344 g/mol. The summed E-state index contributed by atoms with van der Waals surface area (Å²) < 4.78 is 14.2. The Labute approximate surface area is 124 Å². The van der Waals surface area contributed by atoms with Crippen molar-refractivity contribution in [2.24, 2.45) is 0 Å². The molecule has 0 saturated carbocycles. The molecule has 0 spiro atoms. The lowest BCUT2D eigenvalue weighted by molar-refractivity contribution is -0.135. The first-order valence-electron chi connectivity index (χ1n) is 6.16. The molecule has 0 unspecified atom stereocenters. The summed E-state index contributed by atoms with van der Waals surface area (Å²) >= 11 is 3.18. The lowest BCUT2D eigenvalue weighted by Gasteiger charge is -2.34. The van der Waals surface area contributed by atoms with Gasteiger partial charge in [0.15, 0.2) is 0 Å². The molecule has 0 atom stereocenters. The van der Waals surface area contributed by atoms with Gasteiger partial charge in [-0.3, -0.25) is 9.59 Å². The quantitative estimate of drug-likeness (QED) is 0.865. The molecule has 1 saturated heterocycles. The summed E-state index contributed by atoms with van der Waals surface area (Å²) in [4.78, 5) is 26.6. The van der Waals surface area contributed by atoms with Crippen LogP contribution < -0.4 is 0 Å². The lowest BCUT2D eigenvalue weighted by atomic mass is 10.1. The molecule has 2 rings (SSSR count). The average molecular weight is 345 g/mol. The molecule has 0 aliphatic carbocycles. The highest BCUT2D eigenvalue weighted by molar-refractivity contribution is 9.10. The Morgan fingerprint density at radius 3 is 2.35 bits per heavy atom. The van der Waals surface area contributed by atoms with Crippen LogP contribution in [0.1, 0.15) is 10.4 Å². The van der Waals surface area contributed by atoms with E-state index in [1.54, 1.807) is 6.07 Å². The minimum atomic E-state index is -0.571. The van der Waals surface area contributed by atoms with Gasteiger partial charge in [-0.1, -0.05) is 6.07 Å². The minimum Gasteiger partial charge on any atom is -0.387 e. The highest BCUT2D eigenvalue weighted by atomic mass is 79.9. The fraction of sp³-hybridized carbons (Fsp3) is 0.385. The average Bonchev–Trinajstić information content (AvgIpc) is 2.46. The maximum absolute atomic E-state index is 13.7. The Kier molecular flexibility index (Phi) is 4.72. The summed E-state index contributed by atoms with van der Waals surface area (Å²) in [6.07, 6.45) is 0. The summed E-state index contributed by atoms with van der Waals surface area (Å²) in [5.74, 6) is -1.33. The van der Waals surface area contributed by atoms with E-state index in [4.69, 9.17) is 5.11 Å². The number of piperazine rings is 1. The smallest absolute Gasteiger partial charge is 0.258 e. The first-order valence-corrected chi connectivity index (χ1v) is 6.96. The largest absolute Gasteiger partial charge is 0.387 e. The van der Waals surface area contributed by atoms with E-state index in [1.807, 2.05) is 0 Å². The number of aliphatic hydroxyl groups excluding tert-OH is 1. The van der Waals surface area contributed by atoms with E-state index >= 15 is 0 Å². The van der Waals surface area contributed by atoms with E-state index in [0.29, 0.717) is 30.7 Å². The number of amides is 2. The van der Waals surface area contributed by atoms with Crippen molar-refractivity contribution in [3.05, 3.63) is 34.1 Å². The van der Waals surface area contributed by atoms with Crippen LogP contribution >= 0.6 is 15.9 Å². The number of benzene rings is 1. The second-order valence-corrected chi connectivity index (χ2v) is 5.28. The zero-order valence-electron chi connectivity index (χ0n) is 10.7. The van der Waals surface area contributed by atoms with Crippen molar-refractivity contribution in [2.75, 3.05) is 32.8 Å². The van der Waals surface area contributed by atoms with Crippen LogP contribution in [0.4, 0.5) is 4.39 Å². The molecule has 0 bridgehead atoms. The molecule has 7 heteroatoms. The molecule has 5 nitrogen and oxygen atoms in total. The van der Waals surface area contributed by atoms with Gasteiger partial charge in [-0.05, 0) is 28.1 Å². The van der Waals surface area contributed by atoms with Crippen LogP contribution in [0.15, 0.2) is 22.7 Å². The molecule has 20 heavy (non-hydrogen) atoms. The van der Waals surface area contributed by atoms with Gasteiger partial charge in [-0.15, -0.1) is 0 Å². The van der Waals surface area contributed by atoms with Crippen LogP contribution in [0.2, 0.25) is 0 Å². The molecule has 1 fully saturated rings. The summed E-state index contributed by atoms with van der Waals surface area (Å²) in [5, 5.41) is 8.79. The minimum absolute atomic E-state index is 0.00874. The van der Waals surface area contributed by atoms with Crippen LogP contribution in [-0.2, 0) is 4.79 Å². The van der Waals surface area contributed by atoms with Crippen LogP contribution in [0, 0.1) is 5.82 Å². The maximum Gasteiger partial charge on any atom is 0.258 e. The van der Waals surface area contributed by atoms with Crippen molar-refractivity contribution in [2.45, 2.75) is 0 Å². The molecule has 1 heterocycles. The van der Waals surface area contributed by atoms with E-state index in [1.165, 1.54) is 21.9 Å². The van der Waals surface area contributed by atoms with Crippen molar-refractivity contribution < 1.29 is 19.1 Å². The fourth-order valence-corrected chi connectivity index (χ4v) is 2.63. The van der Waals surface area contributed by atoms with Crippen molar-refractivity contribution in [3.8, 4) is 0 Å². The fourth-order valence-electron chi connectivity index (χ4n) is 2.12. The molecule has 1 aromatic rings. The normalized spacial score (nSPS) is 15.3. The third kappa shape index (κ3) is 2.99. The summed E-state index contributed by atoms with van der Waals surface area (Å²) in [5.41, 5.74) is 0.00874. The molecule has 1 N–H and O–H groups in total. The van der Waals surface area contributed by atoms with Crippen LogP contribution in [-0.4, -0.2) is 59.5 Å². The van der Waals surface area contributed by atoms with Gasteiger partial charge in [0.1, 0.15) is 12.4 Å². The van der Waals surface area contributed by atoms with Gasteiger partial charge in [0.2, 0.25) is 5.91 Å². The predicted octanol–water partition coefficient (Wildman–Crippen LogP) is 0.865. The number of rotatable bonds is 2. The van der Waals surface area contributed by atoms with E-state index in [0.717, 1.165) is 0 Å². The number of carbonyl (C=O) groups is 2. The summed E-state index contributed by atoms with van der Waals surface area (Å²) in [6, 6.07) is 4.37. The lowest BCUT2D eigenvalue weighted by Crippen LogP contribution is -2.51. The van der Waals surface area contributed by atoms with Crippen molar-refractivity contribution in [1.29, 1.82) is 0 Å². The highest BCUT2D eigenvalue weighted by Crippen LogP contribution is 2.22. The molecular weight excluding hydrogens is 331 g/mol. The molecule has 1 aliphatic rings. The van der Waals surface area contributed by atoms with Crippen molar-refractivity contribution in [3.63, 3.8) is 0 Å². The number of aliphatic hydroxyl groups is 1. The van der Waals surface area contributed by atoms with Crippen LogP contribution in [0.3, 0.4) is 0 Å². The van der Waals surface area contributed by atoms with E-state index in [-0.39, 0.29) is 11.5 Å². The molecule has 0 aromatic heterocycles. The van der Waals surface area contributed by atoms with Crippen molar-refractivity contribution in [1.82, 2.24) is 9.80 Å². The molecule has 108 valence electrons. The van der Waals surface area contributed by atoms with Gasteiger partial charge < -0.3 is 14.9 Å².